The Balaban J connectivity index is 1.27. The summed E-state index contributed by atoms with van der Waals surface area (Å²) in [5.41, 5.74) is 0.872. The Morgan fingerprint density at radius 3 is 2.49 bits per heavy atom. The highest BCUT2D eigenvalue weighted by molar-refractivity contribution is 6.04. The first-order chi connectivity index (χ1) is 20.5. The van der Waals surface area contributed by atoms with Crippen LogP contribution in [0.1, 0.15) is 61.1 Å². The van der Waals surface area contributed by atoms with Gasteiger partial charge in [0.2, 0.25) is 5.56 Å². The van der Waals surface area contributed by atoms with Gasteiger partial charge in [-0.15, -0.1) is 0 Å². The molecule has 3 heterocycles. The second-order valence-corrected chi connectivity index (χ2v) is 12.0. The van der Waals surface area contributed by atoms with Crippen molar-refractivity contribution in [3.63, 3.8) is 0 Å². The molecule has 3 aromatic rings. The average molecular weight is 594 g/mol. The van der Waals surface area contributed by atoms with Gasteiger partial charge in [-0.05, 0) is 82.4 Å². The van der Waals surface area contributed by atoms with Gasteiger partial charge in [0.15, 0.2) is 11.5 Å². The summed E-state index contributed by atoms with van der Waals surface area (Å²) in [6.07, 6.45) is 2.21. The first-order valence-electron chi connectivity index (χ1n) is 14.6. The summed E-state index contributed by atoms with van der Waals surface area (Å²) >= 11 is 0. The highest BCUT2D eigenvalue weighted by Crippen LogP contribution is 2.34. The van der Waals surface area contributed by atoms with Gasteiger partial charge in [-0.25, -0.2) is 9.59 Å². The summed E-state index contributed by atoms with van der Waals surface area (Å²) in [5.74, 6) is 0.345. The number of carboxylic acids is 1. The number of benzene rings is 2. The van der Waals surface area contributed by atoms with Gasteiger partial charge in [-0.2, -0.15) is 0 Å². The molecule has 1 saturated heterocycles. The van der Waals surface area contributed by atoms with Crippen molar-refractivity contribution in [2.45, 2.75) is 57.7 Å². The molecule has 11 nitrogen and oxygen atoms in total. The van der Waals surface area contributed by atoms with Crippen LogP contribution >= 0.6 is 0 Å². The number of fused-ring (bicyclic) bond motifs is 2. The number of nitrogens with one attached hydrogen (secondary N) is 2. The second-order valence-electron chi connectivity index (χ2n) is 12.0. The van der Waals surface area contributed by atoms with Gasteiger partial charge in [0.1, 0.15) is 30.6 Å². The third-order valence-corrected chi connectivity index (χ3v) is 7.69. The monoisotopic (exact) mass is 593 g/mol. The van der Waals surface area contributed by atoms with Crippen LogP contribution < -0.4 is 25.1 Å². The number of likely N-dealkylation sites (tertiary alicyclic amines) is 1. The van der Waals surface area contributed by atoms with Crippen LogP contribution in [-0.2, 0) is 16.0 Å². The molecule has 2 aliphatic rings. The Morgan fingerprint density at radius 1 is 1.09 bits per heavy atom. The Morgan fingerprint density at radius 2 is 1.81 bits per heavy atom. The molecule has 1 aromatic heterocycles. The Bertz CT molecular complexity index is 1550. The Kier molecular flexibility index (Phi) is 8.93. The van der Waals surface area contributed by atoms with Crippen molar-refractivity contribution in [2.24, 2.45) is 0 Å². The molecule has 1 atom stereocenters. The van der Waals surface area contributed by atoms with E-state index in [0.29, 0.717) is 54.3 Å². The van der Waals surface area contributed by atoms with Crippen LogP contribution in [0.2, 0.25) is 0 Å². The lowest BCUT2D eigenvalue weighted by atomic mass is 9.98. The maximum Gasteiger partial charge on any atom is 0.336 e. The SMILES string of the molecule is COc1cc(CCN2CCC(NC(C(=O)OC(C)(C)C)c3ccc4c(c3)OCCO4)CC2)c2c(C(=O)O)cc(=O)[nH]c2c1. The fourth-order valence-corrected chi connectivity index (χ4v) is 5.68. The predicted octanol–water partition coefficient (Wildman–Crippen LogP) is 3.69. The summed E-state index contributed by atoms with van der Waals surface area (Å²) in [7, 11) is 1.54. The molecular weight excluding hydrogens is 554 g/mol. The van der Waals surface area contributed by atoms with E-state index in [4.69, 9.17) is 18.9 Å². The molecule has 2 aliphatic heterocycles. The van der Waals surface area contributed by atoms with E-state index in [1.54, 1.807) is 6.07 Å². The predicted molar refractivity (Wildman–Crippen MR) is 160 cm³/mol. The summed E-state index contributed by atoms with van der Waals surface area (Å²) in [4.78, 5) is 42.4. The molecule has 0 bridgehead atoms. The topological polar surface area (TPSA) is 139 Å². The van der Waals surface area contributed by atoms with Gasteiger partial charge in [0, 0.05) is 30.1 Å². The number of rotatable bonds is 9. The maximum absolute atomic E-state index is 13.3. The molecule has 5 rings (SSSR count). The minimum Gasteiger partial charge on any atom is -0.497 e. The van der Waals surface area contributed by atoms with Crippen LogP contribution in [0.3, 0.4) is 0 Å². The Hall–Kier alpha value is -4.09. The molecule has 11 heteroatoms. The lowest BCUT2D eigenvalue weighted by Crippen LogP contribution is -2.46. The summed E-state index contributed by atoms with van der Waals surface area (Å²) in [6.45, 7) is 8.81. The average Bonchev–Trinajstić information content (AvgIpc) is 2.97. The number of aromatic carboxylic acids is 1. The zero-order chi connectivity index (χ0) is 30.7. The standard InChI is InChI=1S/C32H39N3O8/c1-32(2,3)43-31(39)29(20-5-6-25-26(16-20)42-14-13-41-25)33-21-8-11-35(12-9-21)10-7-19-15-22(40-4)17-24-28(19)23(30(37)38)18-27(36)34-24/h5-6,15-18,21,29,33H,7-14H2,1-4H3,(H,34,36)(H,37,38). The number of hydrogen-bond acceptors (Lipinski definition) is 9. The first-order valence-corrected chi connectivity index (χ1v) is 14.6. The van der Waals surface area contributed by atoms with E-state index < -0.39 is 23.2 Å². The molecule has 230 valence electrons. The normalized spacial score (nSPS) is 16.6. The van der Waals surface area contributed by atoms with Crippen molar-refractivity contribution in [1.29, 1.82) is 0 Å². The van der Waals surface area contributed by atoms with E-state index in [1.807, 2.05) is 45.0 Å². The molecule has 0 aliphatic carbocycles. The molecule has 0 saturated carbocycles. The third-order valence-electron chi connectivity index (χ3n) is 7.69. The van der Waals surface area contributed by atoms with E-state index >= 15 is 0 Å². The van der Waals surface area contributed by atoms with Crippen molar-refractivity contribution in [1.82, 2.24) is 15.2 Å². The number of carboxylic acid groups (broad SMARTS) is 1. The largest absolute Gasteiger partial charge is 0.497 e. The van der Waals surface area contributed by atoms with Crippen molar-refractivity contribution in [3.8, 4) is 17.2 Å². The zero-order valence-electron chi connectivity index (χ0n) is 25.0. The van der Waals surface area contributed by atoms with E-state index in [2.05, 4.69) is 15.2 Å². The van der Waals surface area contributed by atoms with Gasteiger partial charge in [0.25, 0.3) is 0 Å². The highest BCUT2D eigenvalue weighted by Gasteiger charge is 2.31. The van der Waals surface area contributed by atoms with Crippen molar-refractivity contribution in [3.05, 3.63) is 63.4 Å². The first kappa shape index (κ1) is 30.4. The molecule has 3 N–H and O–H groups in total. The quantitative estimate of drug-likeness (QED) is 0.315. The number of aromatic amines is 1. The van der Waals surface area contributed by atoms with Crippen molar-refractivity contribution in [2.75, 3.05) is 40.0 Å². The molecular formula is C32H39N3O8. The number of H-pyrrole nitrogens is 1. The molecule has 2 aromatic carbocycles. The number of hydrogen-bond donors (Lipinski definition) is 3. The zero-order valence-corrected chi connectivity index (χ0v) is 25.0. The minimum atomic E-state index is -1.15. The third kappa shape index (κ3) is 7.29. The van der Waals surface area contributed by atoms with Gasteiger partial charge >= 0.3 is 11.9 Å². The van der Waals surface area contributed by atoms with Gasteiger partial charge in [-0.1, -0.05) is 6.07 Å². The number of piperidine rings is 1. The second kappa shape index (κ2) is 12.6. The molecule has 0 radical (unpaired) electrons. The van der Waals surface area contributed by atoms with E-state index in [9.17, 15) is 19.5 Å². The van der Waals surface area contributed by atoms with E-state index in [1.165, 1.54) is 7.11 Å². The highest BCUT2D eigenvalue weighted by atomic mass is 16.6. The minimum absolute atomic E-state index is 0.0216. The number of nitrogens with zero attached hydrogens (tertiary/aromatic N) is 1. The van der Waals surface area contributed by atoms with E-state index in [0.717, 1.165) is 43.1 Å². The van der Waals surface area contributed by atoms with Gasteiger partial charge in [0.05, 0.1) is 18.2 Å². The van der Waals surface area contributed by atoms with Crippen LogP contribution in [0.4, 0.5) is 0 Å². The number of methoxy groups -OCH3 is 1. The van der Waals surface area contributed by atoms with Crippen LogP contribution in [0.5, 0.6) is 17.2 Å². The summed E-state index contributed by atoms with van der Waals surface area (Å²) in [6, 6.07) is 9.59. The molecule has 1 fully saturated rings. The fourth-order valence-electron chi connectivity index (χ4n) is 5.68. The summed E-state index contributed by atoms with van der Waals surface area (Å²) in [5, 5.41) is 13.8. The molecule has 0 spiro atoms. The number of carbonyl (C=O) groups is 2. The number of esters is 1. The molecule has 1 unspecified atom stereocenters. The van der Waals surface area contributed by atoms with Gasteiger partial charge in [-0.3, -0.25) is 10.1 Å². The maximum atomic E-state index is 13.3. The summed E-state index contributed by atoms with van der Waals surface area (Å²) < 4.78 is 22.6. The van der Waals surface area contributed by atoms with Crippen LogP contribution in [-0.4, -0.2) is 78.5 Å². The number of carbonyl (C=O) groups excluding carboxylic acids is 1. The van der Waals surface area contributed by atoms with Gasteiger partial charge < -0.3 is 33.9 Å². The lowest BCUT2D eigenvalue weighted by Gasteiger charge is -2.35. The number of pyridine rings is 1. The number of ether oxygens (including phenoxy) is 4. The number of aromatic nitrogens is 1. The smallest absolute Gasteiger partial charge is 0.336 e. The molecule has 43 heavy (non-hydrogen) atoms. The molecule has 0 amide bonds. The lowest BCUT2D eigenvalue weighted by molar-refractivity contribution is -0.158. The fraction of sp³-hybridized carbons (Fsp3) is 0.469. The Labute approximate surface area is 250 Å². The van der Waals surface area contributed by atoms with Crippen LogP contribution in [0, 0.1) is 0 Å². The van der Waals surface area contributed by atoms with Crippen molar-refractivity contribution >= 4 is 22.8 Å². The van der Waals surface area contributed by atoms with Crippen LogP contribution in [0.15, 0.2) is 41.2 Å². The van der Waals surface area contributed by atoms with Crippen molar-refractivity contribution < 1.29 is 33.6 Å². The van der Waals surface area contributed by atoms with Crippen LogP contribution in [0.25, 0.3) is 10.9 Å². The van der Waals surface area contributed by atoms with E-state index in [-0.39, 0.29) is 17.6 Å².